The van der Waals surface area contributed by atoms with Gasteiger partial charge in [-0.15, -0.1) is 0 Å². The highest BCUT2D eigenvalue weighted by Crippen LogP contribution is 2.47. The van der Waals surface area contributed by atoms with Gasteiger partial charge in [-0.1, -0.05) is 64.1 Å². The molecule has 0 amide bonds. The minimum absolute atomic E-state index is 0.189. The summed E-state index contributed by atoms with van der Waals surface area (Å²) in [6.07, 6.45) is 0.337. The highest BCUT2D eigenvalue weighted by molar-refractivity contribution is 9.10. The van der Waals surface area contributed by atoms with Crippen LogP contribution in [0.3, 0.4) is 0 Å². The molecule has 0 radical (unpaired) electrons. The van der Waals surface area contributed by atoms with Crippen LogP contribution in [-0.4, -0.2) is 12.5 Å². The molecule has 0 unspecified atom stereocenters. The molecule has 0 N–H and O–H groups in total. The average Bonchev–Trinajstić information content (AvgIpc) is 2.70. The monoisotopic (exact) mass is 439 g/mol. The van der Waals surface area contributed by atoms with E-state index in [1.165, 1.54) is 9.79 Å². The van der Waals surface area contributed by atoms with Crippen molar-refractivity contribution in [3.63, 3.8) is 0 Å². The maximum Gasteiger partial charge on any atom is 0.307 e. The third-order valence-corrected chi connectivity index (χ3v) is 6.04. The van der Waals surface area contributed by atoms with Gasteiger partial charge >= 0.3 is 5.97 Å². The van der Waals surface area contributed by atoms with Crippen LogP contribution in [0.25, 0.3) is 0 Å². The van der Waals surface area contributed by atoms with E-state index in [9.17, 15) is 4.79 Å². The van der Waals surface area contributed by atoms with Crippen LogP contribution in [0.15, 0.2) is 87.1 Å². The fourth-order valence-corrected chi connectivity index (χ4v) is 4.40. The topological polar surface area (TPSA) is 29.5 Å². The second kappa shape index (κ2) is 8.19. The van der Waals surface area contributed by atoms with Crippen molar-refractivity contribution in [2.45, 2.75) is 22.8 Å². The summed E-state index contributed by atoms with van der Waals surface area (Å²) in [6, 6.07) is 24.4. The fourth-order valence-electron chi connectivity index (χ4n) is 3.04. The van der Waals surface area contributed by atoms with Crippen LogP contribution in [0.2, 0.25) is 0 Å². The van der Waals surface area contributed by atoms with Crippen LogP contribution < -0.4 is 4.90 Å². The molecular weight excluding hydrogens is 422 g/mol. The molecule has 136 valence electrons. The average molecular weight is 440 g/mol. The van der Waals surface area contributed by atoms with Crippen LogP contribution in [-0.2, 0) is 16.1 Å². The summed E-state index contributed by atoms with van der Waals surface area (Å²) in [5.74, 6) is -0.189. The molecule has 3 nitrogen and oxygen atoms in total. The number of hydrogen-bond donors (Lipinski definition) is 0. The lowest BCUT2D eigenvalue weighted by Gasteiger charge is -2.32. The van der Waals surface area contributed by atoms with Gasteiger partial charge in [-0.2, -0.15) is 0 Å². The van der Waals surface area contributed by atoms with E-state index in [1.54, 1.807) is 11.8 Å². The highest BCUT2D eigenvalue weighted by atomic mass is 79.9. The van der Waals surface area contributed by atoms with Gasteiger partial charge in [0.25, 0.3) is 0 Å². The smallest absolute Gasteiger partial charge is 0.307 e. The first-order valence-corrected chi connectivity index (χ1v) is 10.4. The molecule has 27 heavy (non-hydrogen) atoms. The molecule has 1 aliphatic heterocycles. The summed E-state index contributed by atoms with van der Waals surface area (Å²) < 4.78 is 6.46. The van der Waals surface area contributed by atoms with Gasteiger partial charge in [-0.05, 0) is 42.0 Å². The van der Waals surface area contributed by atoms with E-state index >= 15 is 0 Å². The number of anilines is 2. The fraction of sp³-hybridized carbons (Fsp3) is 0.136. The quantitative estimate of drug-likeness (QED) is 0.443. The van der Waals surface area contributed by atoms with Crippen molar-refractivity contribution in [2.75, 3.05) is 11.4 Å². The number of rotatable bonds is 5. The molecule has 0 bridgehead atoms. The maximum atomic E-state index is 12.3. The molecule has 4 rings (SSSR count). The van der Waals surface area contributed by atoms with Crippen LogP contribution in [0.5, 0.6) is 0 Å². The van der Waals surface area contributed by atoms with Crippen molar-refractivity contribution in [2.24, 2.45) is 0 Å². The number of carbonyl (C=O) groups excluding carboxylic acids is 1. The predicted octanol–water partition coefficient (Wildman–Crippen LogP) is 6.19. The van der Waals surface area contributed by atoms with Gasteiger partial charge in [0.15, 0.2) is 0 Å². The van der Waals surface area contributed by atoms with Gasteiger partial charge in [-0.25, -0.2) is 0 Å². The number of para-hydroxylation sites is 2. The van der Waals surface area contributed by atoms with E-state index in [-0.39, 0.29) is 5.97 Å². The number of hydrogen-bond acceptors (Lipinski definition) is 4. The molecule has 0 aromatic heterocycles. The molecule has 0 aliphatic carbocycles. The summed E-state index contributed by atoms with van der Waals surface area (Å²) in [5.41, 5.74) is 3.26. The Morgan fingerprint density at radius 1 is 0.889 bits per heavy atom. The molecule has 5 heteroatoms. The van der Waals surface area contributed by atoms with E-state index in [1.807, 2.05) is 48.5 Å². The summed E-state index contributed by atoms with van der Waals surface area (Å²) in [6.45, 7) is 0.892. The Labute approximate surface area is 171 Å². The molecule has 0 atom stereocenters. The zero-order valence-corrected chi connectivity index (χ0v) is 17.0. The normalized spacial score (nSPS) is 12.3. The highest BCUT2D eigenvalue weighted by Gasteiger charge is 2.23. The van der Waals surface area contributed by atoms with Crippen molar-refractivity contribution in [1.82, 2.24) is 0 Å². The van der Waals surface area contributed by atoms with Crippen LogP contribution in [0.4, 0.5) is 11.4 Å². The van der Waals surface area contributed by atoms with E-state index in [0.29, 0.717) is 19.6 Å². The summed E-state index contributed by atoms with van der Waals surface area (Å²) in [4.78, 5) is 16.9. The zero-order chi connectivity index (χ0) is 18.6. The minimum Gasteiger partial charge on any atom is -0.461 e. The Morgan fingerprint density at radius 2 is 1.48 bits per heavy atom. The third kappa shape index (κ3) is 4.20. The Kier molecular flexibility index (Phi) is 5.50. The molecule has 3 aromatic rings. The number of benzene rings is 3. The number of carbonyl (C=O) groups is 1. The van der Waals surface area contributed by atoms with Crippen molar-refractivity contribution >= 4 is 45.0 Å². The second-order valence-electron chi connectivity index (χ2n) is 6.23. The summed E-state index contributed by atoms with van der Waals surface area (Å²) >= 11 is 5.17. The number of esters is 1. The van der Waals surface area contributed by atoms with Crippen molar-refractivity contribution in [3.05, 3.63) is 82.8 Å². The zero-order valence-electron chi connectivity index (χ0n) is 14.6. The van der Waals surface area contributed by atoms with Gasteiger partial charge in [0, 0.05) is 20.8 Å². The lowest BCUT2D eigenvalue weighted by atomic mass is 10.2. The molecule has 0 fully saturated rings. The molecular formula is C22H18BrNO2S. The first-order valence-electron chi connectivity index (χ1n) is 8.74. The largest absolute Gasteiger partial charge is 0.461 e. The molecule has 1 aliphatic rings. The Bertz CT molecular complexity index is 913. The maximum absolute atomic E-state index is 12.3. The standard InChI is InChI=1S/C22H18BrNO2S/c23-17-11-9-16(10-12-17)15-26-22(25)13-14-24-18-5-1-3-7-20(18)27-21-8-4-2-6-19(21)24/h1-12H,13-15H2. The number of fused-ring (bicyclic) bond motifs is 2. The van der Waals surface area contributed by atoms with Gasteiger partial charge in [-0.3, -0.25) is 4.79 Å². The lowest BCUT2D eigenvalue weighted by Crippen LogP contribution is -2.24. The number of nitrogens with zero attached hydrogens (tertiary/aromatic N) is 1. The van der Waals surface area contributed by atoms with Crippen molar-refractivity contribution in [1.29, 1.82) is 0 Å². The first-order chi connectivity index (χ1) is 13.2. The van der Waals surface area contributed by atoms with E-state index < -0.39 is 0 Å². The van der Waals surface area contributed by atoms with Crippen LogP contribution in [0.1, 0.15) is 12.0 Å². The van der Waals surface area contributed by atoms with E-state index in [4.69, 9.17) is 4.74 Å². The number of halogens is 1. The van der Waals surface area contributed by atoms with E-state index in [0.717, 1.165) is 21.4 Å². The molecule has 0 spiro atoms. The minimum atomic E-state index is -0.189. The lowest BCUT2D eigenvalue weighted by molar-refractivity contribution is -0.144. The SMILES string of the molecule is O=C(CCN1c2ccccc2Sc2ccccc21)OCc1ccc(Br)cc1. The Hall–Kier alpha value is -2.24. The van der Waals surface area contributed by atoms with Gasteiger partial charge < -0.3 is 9.64 Å². The van der Waals surface area contributed by atoms with Gasteiger partial charge in [0.05, 0.1) is 17.8 Å². The van der Waals surface area contributed by atoms with Crippen molar-refractivity contribution < 1.29 is 9.53 Å². The van der Waals surface area contributed by atoms with E-state index in [2.05, 4.69) is 45.1 Å². The molecule has 0 saturated carbocycles. The molecule has 0 saturated heterocycles. The van der Waals surface area contributed by atoms with Gasteiger partial charge in [0.2, 0.25) is 0 Å². The molecule has 3 aromatic carbocycles. The third-order valence-electron chi connectivity index (χ3n) is 4.38. The van der Waals surface area contributed by atoms with Crippen LogP contribution in [0, 0.1) is 0 Å². The predicted molar refractivity (Wildman–Crippen MR) is 113 cm³/mol. The van der Waals surface area contributed by atoms with Crippen molar-refractivity contribution in [3.8, 4) is 0 Å². The summed E-state index contributed by atoms with van der Waals surface area (Å²) in [5, 5.41) is 0. The first kappa shape index (κ1) is 18.1. The van der Waals surface area contributed by atoms with Gasteiger partial charge in [0.1, 0.15) is 6.61 Å². The summed E-state index contributed by atoms with van der Waals surface area (Å²) in [7, 11) is 0. The Morgan fingerprint density at radius 3 is 2.11 bits per heavy atom. The van der Waals surface area contributed by atoms with Crippen LogP contribution >= 0.6 is 27.7 Å². The Balaban J connectivity index is 1.43. The number of ether oxygens (including phenoxy) is 1. The molecule has 1 heterocycles. The second-order valence-corrected chi connectivity index (χ2v) is 8.23.